The van der Waals surface area contributed by atoms with E-state index in [0.717, 1.165) is 25.1 Å². The number of nitrogen functional groups attached to an aromatic ring is 1. The Morgan fingerprint density at radius 1 is 1.35 bits per heavy atom. The van der Waals surface area contributed by atoms with Crippen LogP contribution in [0.25, 0.3) is 0 Å². The molecule has 0 radical (unpaired) electrons. The molecule has 1 heterocycles. The van der Waals surface area contributed by atoms with Crippen LogP contribution in [0.15, 0.2) is 18.2 Å². The van der Waals surface area contributed by atoms with E-state index >= 15 is 0 Å². The van der Waals surface area contributed by atoms with E-state index in [-0.39, 0.29) is 11.4 Å². The topological polar surface area (TPSA) is 38.5 Å². The first kappa shape index (κ1) is 14.8. The standard InChI is InChI=1S/C14H19F3N2O/c1-10-4-2-3-7-19(10)11-5-6-12(18)13(8-11)20-9-14(15,16)17/h5-6,8,10H,2-4,7,9,18H2,1H3. The molecule has 0 aromatic heterocycles. The van der Waals surface area contributed by atoms with Crippen LogP contribution in [0.5, 0.6) is 5.75 Å². The minimum Gasteiger partial charge on any atom is -0.482 e. The third-order valence-corrected chi connectivity index (χ3v) is 3.52. The van der Waals surface area contributed by atoms with Gasteiger partial charge < -0.3 is 15.4 Å². The molecule has 1 aromatic rings. The smallest absolute Gasteiger partial charge is 0.422 e. The summed E-state index contributed by atoms with van der Waals surface area (Å²) in [7, 11) is 0. The molecule has 0 spiro atoms. The Bertz CT molecular complexity index is 462. The molecule has 112 valence electrons. The SMILES string of the molecule is CC1CCCCN1c1ccc(N)c(OCC(F)(F)F)c1. The predicted octanol–water partition coefficient (Wildman–Crippen LogP) is 3.59. The van der Waals surface area contributed by atoms with E-state index in [9.17, 15) is 13.2 Å². The number of benzene rings is 1. The van der Waals surface area contributed by atoms with Crippen molar-refractivity contribution >= 4 is 11.4 Å². The van der Waals surface area contributed by atoms with Crippen molar-refractivity contribution in [2.75, 3.05) is 23.8 Å². The maximum absolute atomic E-state index is 12.2. The Morgan fingerprint density at radius 3 is 2.75 bits per heavy atom. The first-order chi connectivity index (χ1) is 9.37. The second kappa shape index (κ2) is 5.81. The molecule has 20 heavy (non-hydrogen) atoms. The largest absolute Gasteiger partial charge is 0.482 e. The van der Waals surface area contributed by atoms with Crippen LogP contribution >= 0.6 is 0 Å². The van der Waals surface area contributed by atoms with Crippen molar-refractivity contribution in [1.29, 1.82) is 0 Å². The highest BCUT2D eigenvalue weighted by Gasteiger charge is 2.29. The van der Waals surface area contributed by atoms with Crippen LogP contribution in [0.4, 0.5) is 24.5 Å². The number of nitrogens with zero attached hydrogens (tertiary/aromatic N) is 1. The van der Waals surface area contributed by atoms with Gasteiger partial charge >= 0.3 is 6.18 Å². The van der Waals surface area contributed by atoms with Gasteiger partial charge in [-0.15, -0.1) is 0 Å². The lowest BCUT2D eigenvalue weighted by Gasteiger charge is -2.35. The highest BCUT2D eigenvalue weighted by atomic mass is 19.4. The third-order valence-electron chi connectivity index (χ3n) is 3.52. The van der Waals surface area contributed by atoms with Gasteiger partial charge in [0.1, 0.15) is 5.75 Å². The molecule has 1 aliphatic rings. The summed E-state index contributed by atoms with van der Waals surface area (Å²) in [6.45, 7) is 1.70. The summed E-state index contributed by atoms with van der Waals surface area (Å²) in [4.78, 5) is 2.18. The summed E-state index contributed by atoms with van der Waals surface area (Å²) in [5.41, 5.74) is 6.76. The summed E-state index contributed by atoms with van der Waals surface area (Å²) in [6.07, 6.45) is -0.999. The van der Waals surface area contributed by atoms with Crippen LogP contribution in [0.3, 0.4) is 0 Å². The van der Waals surface area contributed by atoms with E-state index in [1.165, 1.54) is 6.42 Å². The van der Waals surface area contributed by atoms with Crippen molar-refractivity contribution in [1.82, 2.24) is 0 Å². The Balaban J connectivity index is 2.15. The molecule has 2 N–H and O–H groups in total. The van der Waals surface area contributed by atoms with E-state index in [1.54, 1.807) is 12.1 Å². The zero-order chi connectivity index (χ0) is 14.8. The molecule has 2 rings (SSSR count). The molecular weight excluding hydrogens is 269 g/mol. The van der Waals surface area contributed by atoms with Crippen molar-refractivity contribution in [3.8, 4) is 5.75 Å². The minimum atomic E-state index is -4.36. The van der Waals surface area contributed by atoms with E-state index in [4.69, 9.17) is 10.5 Å². The number of piperidine rings is 1. The molecular formula is C14H19F3N2O. The Hall–Kier alpha value is -1.59. The number of nitrogens with two attached hydrogens (primary N) is 1. The average Bonchev–Trinajstić information content (AvgIpc) is 2.38. The van der Waals surface area contributed by atoms with Crippen LogP contribution in [0.2, 0.25) is 0 Å². The molecule has 0 aliphatic carbocycles. The van der Waals surface area contributed by atoms with Crippen LogP contribution < -0.4 is 15.4 Å². The van der Waals surface area contributed by atoms with Gasteiger partial charge in [-0.25, -0.2) is 0 Å². The number of alkyl halides is 3. The van der Waals surface area contributed by atoms with Crippen molar-refractivity contribution in [2.45, 2.75) is 38.4 Å². The Morgan fingerprint density at radius 2 is 2.10 bits per heavy atom. The predicted molar refractivity (Wildman–Crippen MR) is 73.1 cm³/mol. The first-order valence-electron chi connectivity index (χ1n) is 6.72. The van der Waals surface area contributed by atoms with Crippen LogP contribution in [0.1, 0.15) is 26.2 Å². The average molecular weight is 288 g/mol. The van der Waals surface area contributed by atoms with Gasteiger partial charge in [-0.05, 0) is 38.3 Å². The van der Waals surface area contributed by atoms with Gasteiger partial charge in [-0.1, -0.05) is 0 Å². The minimum absolute atomic E-state index is 0.0950. The molecule has 0 amide bonds. The quantitative estimate of drug-likeness (QED) is 0.864. The Kier molecular flexibility index (Phi) is 4.30. The van der Waals surface area contributed by atoms with Crippen LogP contribution in [-0.4, -0.2) is 25.4 Å². The first-order valence-corrected chi connectivity index (χ1v) is 6.72. The fourth-order valence-corrected chi connectivity index (χ4v) is 2.47. The Labute approximate surface area is 116 Å². The summed E-state index contributed by atoms with van der Waals surface area (Å²) >= 11 is 0. The molecule has 1 unspecified atom stereocenters. The summed E-state index contributed by atoms with van der Waals surface area (Å²) < 4.78 is 41.4. The van der Waals surface area contributed by atoms with Gasteiger partial charge in [0.25, 0.3) is 0 Å². The van der Waals surface area contributed by atoms with Gasteiger partial charge in [0.05, 0.1) is 5.69 Å². The second-order valence-corrected chi connectivity index (χ2v) is 5.16. The normalized spacial score (nSPS) is 20.0. The van der Waals surface area contributed by atoms with E-state index < -0.39 is 12.8 Å². The molecule has 3 nitrogen and oxygen atoms in total. The summed E-state index contributed by atoms with van der Waals surface area (Å²) in [5.74, 6) is 0.0950. The molecule has 0 bridgehead atoms. The molecule has 1 atom stereocenters. The molecule has 1 aromatic carbocycles. The third kappa shape index (κ3) is 3.71. The molecule has 1 saturated heterocycles. The lowest BCUT2D eigenvalue weighted by Crippen LogP contribution is -2.37. The highest BCUT2D eigenvalue weighted by Crippen LogP contribution is 2.32. The van der Waals surface area contributed by atoms with Gasteiger partial charge in [0, 0.05) is 24.3 Å². The monoisotopic (exact) mass is 288 g/mol. The zero-order valence-electron chi connectivity index (χ0n) is 11.4. The number of halogens is 3. The number of ether oxygens (including phenoxy) is 1. The molecule has 0 saturated carbocycles. The maximum atomic E-state index is 12.2. The molecule has 6 heteroatoms. The lowest BCUT2D eigenvalue weighted by atomic mass is 10.0. The van der Waals surface area contributed by atoms with Crippen molar-refractivity contribution in [3.63, 3.8) is 0 Å². The van der Waals surface area contributed by atoms with Gasteiger partial charge in [-0.3, -0.25) is 0 Å². The number of anilines is 2. The second-order valence-electron chi connectivity index (χ2n) is 5.16. The van der Waals surface area contributed by atoms with E-state index in [0.29, 0.717) is 6.04 Å². The fraction of sp³-hybridized carbons (Fsp3) is 0.571. The van der Waals surface area contributed by atoms with Crippen molar-refractivity contribution in [3.05, 3.63) is 18.2 Å². The molecule has 1 fully saturated rings. The van der Waals surface area contributed by atoms with Gasteiger partial charge in [-0.2, -0.15) is 13.2 Å². The molecule has 1 aliphatic heterocycles. The van der Waals surface area contributed by atoms with E-state index in [1.807, 2.05) is 6.07 Å². The fourth-order valence-electron chi connectivity index (χ4n) is 2.47. The van der Waals surface area contributed by atoms with Crippen LogP contribution in [-0.2, 0) is 0 Å². The lowest BCUT2D eigenvalue weighted by molar-refractivity contribution is -0.153. The van der Waals surface area contributed by atoms with Crippen LogP contribution in [0, 0.1) is 0 Å². The number of rotatable bonds is 3. The highest BCUT2D eigenvalue weighted by molar-refractivity contribution is 5.62. The van der Waals surface area contributed by atoms with Gasteiger partial charge in [0.2, 0.25) is 0 Å². The summed E-state index contributed by atoms with van der Waals surface area (Å²) in [5, 5.41) is 0. The number of hydrogen-bond acceptors (Lipinski definition) is 3. The van der Waals surface area contributed by atoms with Gasteiger partial charge in [0.15, 0.2) is 6.61 Å². The maximum Gasteiger partial charge on any atom is 0.422 e. The van der Waals surface area contributed by atoms with Crippen molar-refractivity contribution in [2.24, 2.45) is 0 Å². The van der Waals surface area contributed by atoms with Crippen molar-refractivity contribution < 1.29 is 17.9 Å². The zero-order valence-corrected chi connectivity index (χ0v) is 11.4. The van der Waals surface area contributed by atoms with E-state index in [2.05, 4.69) is 11.8 Å². The summed E-state index contributed by atoms with van der Waals surface area (Å²) in [6, 6.07) is 5.41. The number of hydrogen-bond donors (Lipinski definition) is 1.